The van der Waals surface area contributed by atoms with Crippen LogP contribution in [0.5, 0.6) is 0 Å². The second kappa shape index (κ2) is 5.34. The van der Waals surface area contributed by atoms with Gasteiger partial charge in [0.2, 0.25) is 0 Å². The zero-order valence-corrected chi connectivity index (χ0v) is 11.9. The van der Waals surface area contributed by atoms with E-state index in [1.54, 1.807) is 6.92 Å². The number of ketones is 1. The van der Waals surface area contributed by atoms with Crippen molar-refractivity contribution in [3.8, 4) is 0 Å². The van der Waals surface area contributed by atoms with Crippen molar-refractivity contribution >= 4 is 11.8 Å². The first-order valence-corrected chi connectivity index (χ1v) is 6.00. The number of carbonyl (C=O) groups excluding carboxylic acids is 2. The molecule has 0 amide bonds. The van der Waals surface area contributed by atoms with Gasteiger partial charge in [-0.2, -0.15) is 0 Å². The zero-order chi connectivity index (χ0) is 14.0. The number of Topliss-reactive ketones (excluding diaryl/α,β-unsaturated/α-hetero) is 1. The Balaban J connectivity index is 3.27. The molecule has 1 aromatic carbocycles. The Morgan fingerprint density at radius 1 is 1.06 bits per heavy atom. The van der Waals surface area contributed by atoms with E-state index in [-0.39, 0.29) is 5.78 Å². The Labute approximate surface area is 108 Å². The number of hydrogen-bond acceptors (Lipinski definition) is 3. The molecule has 1 rings (SSSR count). The molecule has 3 nitrogen and oxygen atoms in total. The summed E-state index contributed by atoms with van der Waals surface area (Å²) < 4.78 is 4.62. The highest BCUT2D eigenvalue weighted by atomic mass is 16.5. The van der Waals surface area contributed by atoms with Crippen LogP contribution in [0.3, 0.4) is 0 Å². The largest absolute Gasteiger partial charge is 0.468 e. The molecular weight excluding hydrogens is 228 g/mol. The standard InChI is InChI=1S/C15H20O3/c1-8-7-13(11(4)10(3)9(8)2)14(16)12(5)15(17)18-6/h7,12H,1-6H3. The quantitative estimate of drug-likeness (QED) is 0.469. The summed E-state index contributed by atoms with van der Waals surface area (Å²) >= 11 is 0. The highest BCUT2D eigenvalue weighted by Gasteiger charge is 2.25. The van der Waals surface area contributed by atoms with Crippen LogP contribution in [0.1, 0.15) is 39.5 Å². The zero-order valence-electron chi connectivity index (χ0n) is 11.9. The minimum Gasteiger partial charge on any atom is -0.468 e. The maximum atomic E-state index is 12.3. The molecule has 18 heavy (non-hydrogen) atoms. The van der Waals surface area contributed by atoms with Crippen molar-refractivity contribution in [1.29, 1.82) is 0 Å². The molecule has 0 radical (unpaired) electrons. The second-order valence-corrected chi connectivity index (χ2v) is 4.73. The van der Waals surface area contributed by atoms with Crippen LogP contribution in [0.25, 0.3) is 0 Å². The van der Waals surface area contributed by atoms with Crippen LogP contribution in [0.15, 0.2) is 6.07 Å². The van der Waals surface area contributed by atoms with Crippen LogP contribution < -0.4 is 0 Å². The molecule has 1 unspecified atom stereocenters. The van der Waals surface area contributed by atoms with E-state index in [4.69, 9.17) is 0 Å². The van der Waals surface area contributed by atoms with E-state index in [2.05, 4.69) is 4.74 Å². The van der Waals surface area contributed by atoms with Crippen LogP contribution in [-0.2, 0) is 9.53 Å². The van der Waals surface area contributed by atoms with E-state index in [0.717, 1.165) is 16.7 Å². The summed E-state index contributed by atoms with van der Waals surface area (Å²) in [6.07, 6.45) is 0. The second-order valence-electron chi connectivity index (χ2n) is 4.73. The number of ether oxygens (including phenoxy) is 1. The highest BCUT2D eigenvalue weighted by Crippen LogP contribution is 2.23. The topological polar surface area (TPSA) is 43.4 Å². The van der Waals surface area contributed by atoms with Gasteiger partial charge in [0.15, 0.2) is 5.78 Å². The van der Waals surface area contributed by atoms with E-state index in [0.29, 0.717) is 5.56 Å². The molecule has 0 fully saturated rings. The van der Waals surface area contributed by atoms with Crippen molar-refractivity contribution < 1.29 is 14.3 Å². The highest BCUT2D eigenvalue weighted by molar-refractivity contribution is 6.09. The molecule has 0 aliphatic rings. The van der Waals surface area contributed by atoms with Gasteiger partial charge in [-0.05, 0) is 62.9 Å². The Morgan fingerprint density at radius 3 is 2.11 bits per heavy atom. The molecule has 1 atom stereocenters. The van der Waals surface area contributed by atoms with Gasteiger partial charge in [-0.1, -0.05) is 0 Å². The molecule has 1 aromatic rings. The summed E-state index contributed by atoms with van der Waals surface area (Å²) in [4.78, 5) is 23.7. The summed E-state index contributed by atoms with van der Waals surface area (Å²) in [5, 5.41) is 0. The third kappa shape index (κ3) is 2.45. The Morgan fingerprint density at radius 2 is 1.61 bits per heavy atom. The van der Waals surface area contributed by atoms with Gasteiger partial charge in [-0.15, -0.1) is 0 Å². The van der Waals surface area contributed by atoms with Crippen molar-refractivity contribution in [2.24, 2.45) is 5.92 Å². The molecule has 0 spiro atoms. The Bertz CT molecular complexity index is 501. The predicted octanol–water partition coefficient (Wildman–Crippen LogP) is 2.91. The van der Waals surface area contributed by atoms with E-state index in [1.807, 2.05) is 33.8 Å². The lowest BCUT2D eigenvalue weighted by Crippen LogP contribution is -2.23. The fraction of sp³-hybridized carbons (Fsp3) is 0.467. The maximum Gasteiger partial charge on any atom is 0.316 e. The minimum absolute atomic E-state index is 0.175. The van der Waals surface area contributed by atoms with E-state index >= 15 is 0 Å². The average molecular weight is 248 g/mol. The monoisotopic (exact) mass is 248 g/mol. The minimum atomic E-state index is -0.754. The first-order valence-electron chi connectivity index (χ1n) is 6.00. The normalized spacial score (nSPS) is 12.1. The molecule has 3 heteroatoms. The number of hydrogen-bond donors (Lipinski definition) is 0. The van der Waals surface area contributed by atoms with Gasteiger partial charge in [0.1, 0.15) is 5.92 Å². The third-order valence-electron chi connectivity index (χ3n) is 3.69. The molecule has 0 aliphatic carbocycles. The summed E-state index contributed by atoms with van der Waals surface area (Å²) in [5.74, 6) is -1.42. The van der Waals surface area contributed by atoms with Crippen molar-refractivity contribution in [1.82, 2.24) is 0 Å². The first kappa shape index (κ1) is 14.4. The summed E-state index contributed by atoms with van der Waals surface area (Å²) in [7, 11) is 1.30. The molecular formula is C15H20O3. The molecule has 0 bridgehead atoms. The first-order chi connectivity index (χ1) is 8.31. The third-order valence-corrected chi connectivity index (χ3v) is 3.69. The van der Waals surface area contributed by atoms with Crippen LogP contribution >= 0.6 is 0 Å². The van der Waals surface area contributed by atoms with E-state index < -0.39 is 11.9 Å². The Hall–Kier alpha value is -1.64. The molecule has 0 saturated heterocycles. The lowest BCUT2D eigenvalue weighted by atomic mass is 9.89. The lowest BCUT2D eigenvalue weighted by Gasteiger charge is -2.15. The van der Waals surface area contributed by atoms with Crippen molar-refractivity contribution in [3.05, 3.63) is 33.9 Å². The van der Waals surface area contributed by atoms with Gasteiger partial charge in [-0.25, -0.2) is 0 Å². The van der Waals surface area contributed by atoms with Crippen LogP contribution in [0, 0.1) is 33.6 Å². The summed E-state index contributed by atoms with van der Waals surface area (Å²) in [6.45, 7) is 9.51. The number of rotatable bonds is 3. The Kier molecular flexibility index (Phi) is 4.28. The van der Waals surface area contributed by atoms with Crippen LogP contribution in [0.2, 0.25) is 0 Å². The van der Waals surface area contributed by atoms with Crippen LogP contribution in [0.4, 0.5) is 0 Å². The van der Waals surface area contributed by atoms with Gasteiger partial charge in [0.05, 0.1) is 7.11 Å². The number of esters is 1. The maximum absolute atomic E-state index is 12.3. The summed E-state index contributed by atoms with van der Waals surface area (Å²) in [5.41, 5.74) is 4.93. The molecule has 0 aliphatic heterocycles. The van der Waals surface area contributed by atoms with Crippen molar-refractivity contribution in [3.63, 3.8) is 0 Å². The number of methoxy groups -OCH3 is 1. The molecule has 0 heterocycles. The van der Waals surface area contributed by atoms with Crippen LogP contribution in [-0.4, -0.2) is 18.9 Å². The molecule has 0 aromatic heterocycles. The molecule has 98 valence electrons. The number of carbonyl (C=O) groups is 2. The van der Waals surface area contributed by atoms with Gasteiger partial charge in [0.25, 0.3) is 0 Å². The van der Waals surface area contributed by atoms with Gasteiger partial charge < -0.3 is 4.74 Å². The fourth-order valence-corrected chi connectivity index (χ4v) is 1.99. The van der Waals surface area contributed by atoms with Crippen molar-refractivity contribution in [2.45, 2.75) is 34.6 Å². The van der Waals surface area contributed by atoms with E-state index in [9.17, 15) is 9.59 Å². The average Bonchev–Trinajstić information content (AvgIpc) is 2.37. The number of aryl methyl sites for hydroxylation is 1. The molecule has 0 saturated carbocycles. The van der Waals surface area contributed by atoms with Crippen molar-refractivity contribution in [2.75, 3.05) is 7.11 Å². The van der Waals surface area contributed by atoms with Gasteiger partial charge in [0, 0.05) is 5.56 Å². The summed E-state index contributed by atoms with van der Waals surface area (Å²) in [6, 6.07) is 1.86. The number of benzene rings is 1. The smallest absolute Gasteiger partial charge is 0.316 e. The van der Waals surface area contributed by atoms with E-state index in [1.165, 1.54) is 12.7 Å². The van der Waals surface area contributed by atoms with Gasteiger partial charge in [-0.3, -0.25) is 9.59 Å². The molecule has 0 N–H and O–H groups in total. The SMILES string of the molecule is COC(=O)C(C)C(=O)c1cc(C)c(C)c(C)c1C. The fourth-order valence-electron chi connectivity index (χ4n) is 1.99. The van der Waals surface area contributed by atoms with Gasteiger partial charge >= 0.3 is 5.97 Å². The predicted molar refractivity (Wildman–Crippen MR) is 70.9 cm³/mol. The lowest BCUT2D eigenvalue weighted by molar-refractivity contribution is -0.143.